The van der Waals surface area contributed by atoms with Crippen LogP contribution in [0.15, 0.2) is 18.5 Å². The first kappa shape index (κ1) is 13.3. The minimum atomic E-state index is -0.791. The Labute approximate surface area is 111 Å². The molecule has 0 unspecified atom stereocenters. The van der Waals surface area contributed by atoms with Gasteiger partial charge in [0.05, 0.1) is 5.69 Å². The molecule has 6 nitrogen and oxygen atoms in total. The summed E-state index contributed by atoms with van der Waals surface area (Å²) in [5.74, 6) is -0.0697. The van der Waals surface area contributed by atoms with Crippen LogP contribution < -0.4 is 5.32 Å². The second-order valence-electron chi connectivity index (χ2n) is 5.29. The topological polar surface area (TPSA) is 79.5 Å². The van der Waals surface area contributed by atoms with Gasteiger partial charge in [0.2, 0.25) is 0 Å². The van der Waals surface area contributed by atoms with Gasteiger partial charge in [0.25, 0.3) is 0 Å². The van der Waals surface area contributed by atoms with E-state index in [-0.39, 0.29) is 12.0 Å². The van der Waals surface area contributed by atoms with Gasteiger partial charge in [0.1, 0.15) is 5.52 Å². The number of rotatable bonds is 5. The monoisotopic (exact) mass is 262 g/mol. The van der Waals surface area contributed by atoms with Gasteiger partial charge in [-0.1, -0.05) is 0 Å². The molecule has 102 valence electrons. The van der Waals surface area contributed by atoms with Gasteiger partial charge in [-0.2, -0.15) is 5.10 Å². The molecule has 2 heterocycles. The lowest BCUT2D eigenvalue weighted by Gasteiger charge is -2.26. The van der Waals surface area contributed by atoms with E-state index >= 15 is 0 Å². The van der Waals surface area contributed by atoms with Crippen LogP contribution in [0.4, 0.5) is 5.82 Å². The molecule has 2 aromatic rings. The van der Waals surface area contributed by atoms with E-state index in [1.54, 1.807) is 16.9 Å². The molecule has 0 amide bonds. The van der Waals surface area contributed by atoms with E-state index in [1.165, 1.54) is 0 Å². The molecule has 19 heavy (non-hydrogen) atoms. The van der Waals surface area contributed by atoms with E-state index in [0.717, 1.165) is 17.0 Å². The molecule has 0 atom stereocenters. The number of aryl methyl sites for hydroxylation is 1. The molecule has 0 saturated heterocycles. The smallest absolute Gasteiger partial charge is 0.303 e. The molecule has 0 bridgehead atoms. The number of hydrogen-bond acceptors (Lipinski definition) is 4. The zero-order valence-corrected chi connectivity index (χ0v) is 11.3. The maximum absolute atomic E-state index is 10.7. The lowest BCUT2D eigenvalue weighted by Crippen LogP contribution is -2.32. The summed E-state index contributed by atoms with van der Waals surface area (Å²) in [5, 5.41) is 16.4. The van der Waals surface area contributed by atoms with Crippen molar-refractivity contribution < 1.29 is 9.90 Å². The van der Waals surface area contributed by atoms with Crippen molar-refractivity contribution in [2.75, 3.05) is 5.32 Å². The van der Waals surface area contributed by atoms with Crippen LogP contribution in [0.1, 0.15) is 32.4 Å². The summed E-state index contributed by atoms with van der Waals surface area (Å²) in [6.45, 7) is 5.85. The molecule has 6 heteroatoms. The quantitative estimate of drug-likeness (QED) is 0.862. The van der Waals surface area contributed by atoms with Gasteiger partial charge in [-0.15, -0.1) is 0 Å². The average molecular weight is 262 g/mol. The minimum absolute atomic E-state index is 0.126. The van der Waals surface area contributed by atoms with E-state index in [9.17, 15) is 4.79 Å². The second kappa shape index (κ2) is 4.87. The van der Waals surface area contributed by atoms with E-state index in [1.807, 2.05) is 26.8 Å². The third-order valence-electron chi connectivity index (χ3n) is 2.93. The number of anilines is 1. The number of aliphatic carboxylic acids is 1. The number of carboxylic acid groups (broad SMARTS) is 1. The lowest BCUT2D eigenvalue weighted by molar-refractivity contribution is -0.137. The SMILES string of the molecule is Cc1cc2c(NC(C)(C)CCC(=O)O)nccn2n1. The standard InChI is InChI=1S/C13H18N4O2/c1-9-8-10-12(14-6-7-17(10)16-9)15-13(2,3)5-4-11(18)19/h6-8H,4-5H2,1-3H3,(H,14,15)(H,18,19). The fourth-order valence-corrected chi connectivity index (χ4v) is 1.94. The highest BCUT2D eigenvalue weighted by Crippen LogP contribution is 2.22. The van der Waals surface area contributed by atoms with E-state index < -0.39 is 5.97 Å². The van der Waals surface area contributed by atoms with Gasteiger partial charge >= 0.3 is 5.97 Å². The average Bonchev–Trinajstić information content (AvgIpc) is 2.68. The number of nitrogens with zero attached hydrogens (tertiary/aromatic N) is 3. The summed E-state index contributed by atoms with van der Waals surface area (Å²) in [6.07, 6.45) is 4.12. The minimum Gasteiger partial charge on any atom is -0.481 e. The third-order valence-corrected chi connectivity index (χ3v) is 2.93. The molecule has 0 aliphatic carbocycles. The Balaban J connectivity index is 2.22. The van der Waals surface area contributed by atoms with E-state index in [4.69, 9.17) is 5.11 Å². The number of aromatic nitrogens is 3. The van der Waals surface area contributed by atoms with Crippen molar-refractivity contribution in [1.82, 2.24) is 14.6 Å². The number of carbonyl (C=O) groups is 1. The van der Waals surface area contributed by atoms with Gasteiger partial charge in [0, 0.05) is 24.4 Å². The van der Waals surface area contributed by atoms with Crippen molar-refractivity contribution in [3.05, 3.63) is 24.2 Å². The molecular formula is C13H18N4O2. The summed E-state index contributed by atoms with van der Waals surface area (Å²) >= 11 is 0. The number of hydrogen-bond donors (Lipinski definition) is 2. The van der Waals surface area contributed by atoms with E-state index in [0.29, 0.717) is 6.42 Å². The predicted molar refractivity (Wildman–Crippen MR) is 72.3 cm³/mol. The van der Waals surface area contributed by atoms with Crippen molar-refractivity contribution in [1.29, 1.82) is 0 Å². The van der Waals surface area contributed by atoms with Crippen molar-refractivity contribution in [2.45, 2.75) is 39.2 Å². The molecule has 2 rings (SSSR count). The van der Waals surface area contributed by atoms with Crippen LogP contribution in [0, 0.1) is 6.92 Å². The Hall–Kier alpha value is -2.11. The molecule has 2 N–H and O–H groups in total. The first-order chi connectivity index (χ1) is 8.87. The molecular weight excluding hydrogens is 244 g/mol. The van der Waals surface area contributed by atoms with Gasteiger partial charge in [-0.25, -0.2) is 9.50 Å². The summed E-state index contributed by atoms with van der Waals surface area (Å²) in [5.41, 5.74) is 1.47. The number of nitrogens with one attached hydrogen (secondary N) is 1. The second-order valence-corrected chi connectivity index (χ2v) is 5.29. The maximum atomic E-state index is 10.7. The van der Waals surface area contributed by atoms with Crippen molar-refractivity contribution >= 4 is 17.3 Å². The lowest BCUT2D eigenvalue weighted by atomic mass is 9.98. The first-order valence-electron chi connectivity index (χ1n) is 6.18. The molecule has 0 spiro atoms. The van der Waals surface area contributed by atoms with Crippen molar-refractivity contribution in [2.24, 2.45) is 0 Å². The van der Waals surface area contributed by atoms with Crippen LogP contribution in [-0.4, -0.2) is 31.2 Å². The molecule has 0 aliphatic heterocycles. The Morgan fingerprint density at radius 2 is 2.26 bits per heavy atom. The van der Waals surface area contributed by atoms with Crippen LogP contribution in [0.3, 0.4) is 0 Å². The molecule has 0 aliphatic rings. The molecule has 2 aromatic heterocycles. The summed E-state index contributed by atoms with van der Waals surface area (Å²) < 4.78 is 1.76. The fourth-order valence-electron chi connectivity index (χ4n) is 1.94. The summed E-state index contributed by atoms with van der Waals surface area (Å²) in [7, 11) is 0. The normalized spacial score (nSPS) is 11.7. The highest BCUT2D eigenvalue weighted by Gasteiger charge is 2.20. The van der Waals surface area contributed by atoms with Gasteiger partial charge < -0.3 is 10.4 Å². The Kier molecular flexibility index (Phi) is 3.42. The Bertz CT molecular complexity index is 604. The van der Waals surface area contributed by atoms with Gasteiger partial charge in [-0.05, 0) is 33.3 Å². The largest absolute Gasteiger partial charge is 0.481 e. The highest BCUT2D eigenvalue weighted by atomic mass is 16.4. The van der Waals surface area contributed by atoms with Crippen LogP contribution in [0.2, 0.25) is 0 Å². The van der Waals surface area contributed by atoms with Gasteiger partial charge in [0.15, 0.2) is 5.82 Å². The Morgan fingerprint density at radius 3 is 2.95 bits per heavy atom. The summed E-state index contributed by atoms with van der Waals surface area (Å²) in [6, 6.07) is 1.95. The van der Waals surface area contributed by atoms with Crippen LogP contribution in [0.25, 0.3) is 5.52 Å². The van der Waals surface area contributed by atoms with Crippen molar-refractivity contribution in [3.63, 3.8) is 0 Å². The number of carboxylic acids is 1. The fraction of sp³-hybridized carbons (Fsp3) is 0.462. The highest BCUT2D eigenvalue weighted by molar-refractivity contribution is 5.69. The molecule has 0 aromatic carbocycles. The third kappa shape index (κ3) is 3.21. The summed E-state index contributed by atoms with van der Waals surface area (Å²) in [4.78, 5) is 15.0. The van der Waals surface area contributed by atoms with Crippen LogP contribution in [0.5, 0.6) is 0 Å². The van der Waals surface area contributed by atoms with E-state index in [2.05, 4.69) is 15.4 Å². The van der Waals surface area contributed by atoms with Crippen LogP contribution in [-0.2, 0) is 4.79 Å². The molecule has 0 saturated carbocycles. The van der Waals surface area contributed by atoms with Crippen LogP contribution >= 0.6 is 0 Å². The maximum Gasteiger partial charge on any atom is 0.303 e. The zero-order valence-electron chi connectivity index (χ0n) is 11.3. The number of fused-ring (bicyclic) bond motifs is 1. The van der Waals surface area contributed by atoms with Gasteiger partial charge in [-0.3, -0.25) is 4.79 Å². The first-order valence-corrected chi connectivity index (χ1v) is 6.18. The predicted octanol–water partition coefficient (Wildman–Crippen LogP) is 2.09. The Morgan fingerprint density at radius 1 is 1.53 bits per heavy atom. The molecule has 0 radical (unpaired) electrons. The van der Waals surface area contributed by atoms with Crippen molar-refractivity contribution in [3.8, 4) is 0 Å². The zero-order chi connectivity index (χ0) is 14.0. The molecule has 0 fully saturated rings.